The minimum atomic E-state index is 0.523. The Labute approximate surface area is 99.5 Å². The molecule has 0 aliphatic rings. The first kappa shape index (κ1) is 12.6. The molecule has 0 fully saturated rings. The van der Waals surface area contributed by atoms with Gasteiger partial charge in [-0.25, -0.2) is 0 Å². The van der Waals surface area contributed by atoms with Gasteiger partial charge in [-0.3, -0.25) is 0 Å². The minimum absolute atomic E-state index is 0.523. The normalized spacial score (nSPS) is 10.4. The van der Waals surface area contributed by atoms with E-state index in [1.165, 1.54) is 0 Å². The third-order valence-corrected chi connectivity index (χ3v) is 2.42. The molecule has 0 spiro atoms. The van der Waals surface area contributed by atoms with Crippen LogP contribution < -0.4 is 15.8 Å². The first-order valence-corrected chi connectivity index (χ1v) is 5.37. The fourth-order valence-electron chi connectivity index (χ4n) is 1.30. The van der Waals surface area contributed by atoms with Gasteiger partial charge < -0.3 is 15.8 Å². The van der Waals surface area contributed by atoms with Crippen molar-refractivity contribution < 1.29 is 4.74 Å². The maximum Gasteiger partial charge on any atom is 0.142 e. The predicted molar refractivity (Wildman–Crippen MR) is 63.8 cm³/mol. The molecule has 0 amide bonds. The molecular formula is C10H14Cl2N2O. The maximum atomic E-state index is 5.99. The van der Waals surface area contributed by atoms with E-state index in [0.717, 1.165) is 12.1 Å². The van der Waals surface area contributed by atoms with Gasteiger partial charge in [0, 0.05) is 30.2 Å². The minimum Gasteiger partial charge on any atom is -0.495 e. The molecule has 1 aromatic rings. The Hall–Kier alpha value is -0.480. The van der Waals surface area contributed by atoms with Crippen molar-refractivity contribution in [2.75, 3.05) is 20.2 Å². The Kier molecular flexibility index (Phi) is 5.19. The van der Waals surface area contributed by atoms with Crippen LogP contribution in [0.2, 0.25) is 10.0 Å². The van der Waals surface area contributed by atoms with E-state index in [2.05, 4.69) is 5.32 Å². The van der Waals surface area contributed by atoms with Crippen molar-refractivity contribution in [3.05, 3.63) is 27.7 Å². The zero-order valence-corrected chi connectivity index (χ0v) is 10.0. The van der Waals surface area contributed by atoms with Crippen LogP contribution in [0.25, 0.3) is 0 Å². The van der Waals surface area contributed by atoms with Crippen LogP contribution in [-0.4, -0.2) is 20.2 Å². The zero-order chi connectivity index (χ0) is 11.3. The number of nitrogens with one attached hydrogen (secondary N) is 1. The van der Waals surface area contributed by atoms with E-state index < -0.39 is 0 Å². The van der Waals surface area contributed by atoms with Crippen LogP contribution in [0.15, 0.2) is 12.1 Å². The summed E-state index contributed by atoms with van der Waals surface area (Å²) in [6.07, 6.45) is 0. The van der Waals surface area contributed by atoms with Crippen molar-refractivity contribution in [1.29, 1.82) is 0 Å². The highest BCUT2D eigenvalue weighted by Crippen LogP contribution is 2.31. The second kappa shape index (κ2) is 6.18. The van der Waals surface area contributed by atoms with Gasteiger partial charge in [0.2, 0.25) is 0 Å². The molecule has 0 saturated carbocycles. The second-order valence-corrected chi connectivity index (χ2v) is 3.89. The van der Waals surface area contributed by atoms with Gasteiger partial charge in [-0.05, 0) is 12.1 Å². The average molecular weight is 249 g/mol. The highest BCUT2D eigenvalue weighted by atomic mass is 35.5. The topological polar surface area (TPSA) is 47.3 Å². The van der Waals surface area contributed by atoms with Crippen molar-refractivity contribution in [1.82, 2.24) is 5.32 Å². The summed E-state index contributed by atoms with van der Waals surface area (Å²) in [6.45, 7) is 1.98. The molecule has 0 aliphatic carbocycles. The Morgan fingerprint density at radius 1 is 1.40 bits per heavy atom. The first-order chi connectivity index (χ1) is 7.19. The lowest BCUT2D eigenvalue weighted by atomic mass is 10.2. The summed E-state index contributed by atoms with van der Waals surface area (Å²) in [5.74, 6) is 0.658. The fraction of sp³-hybridized carbons (Fsp3) is 0.400. The molecule has 84 valence electrons. The van der Waals surface area contributed by atoms with Gasteiger partial charge in [-0.15, -0.1) is 0 Å². The number of nitrogens with two attached hydrogens (primary N) is 1. The molecule has 1 aromatic carbocycles. The second-order valence-electron chi connectivity index (χ2n) is 3.05. The van der Waals surface area contributed by atoms with E-state index in [1.54, 1.807) is 13.2 Å². The lowest BCUT2D eigenvalue weighted by Crippen LogP contribution is -2.22. The average Bonchev–Trinajstić information content (AvgIpc) is 2.17. The highest BCUT2D eigenvalue weighted by molar-refractivity contribution is 6.35. The Morgan fingerprint density at radius 3 is 2.73 bits per heavy atom. The molecule has 15 heavy (non-hydrogen) atoms. The van der Waals surface area contributed by atoms with Crippen LogP contribution in [0.1, 0.15) is 5.56 Å². The SMILES string of the molecule is COc1c(Cl)cc(Cl)cc1CNCCN. The largest absolute Gasteiger partial charge is 0.495 e. The van der Waals surface area contributed by atoms with Gasteiger partial charge in [0.15, 0.2) is 0 Å². The summed E-state index contributed by atoms with van der Waals surface area (Å²) in [6, 6.07) is 3.49. The van der Waals surface area contributed by atoms with E-state index in [1.807, 2.05) is 6.07 Å². The van der Waals surface area contributed by atoms with Crippen LogP contribution in [0.5, 0.6) is 5.75 Å². The number of hydrogen-bond acceptors (Lipinski definition) is 3. The monoisotopic (exact) mass is 248 g/mol. The van der Waals surface area contributed by atoms with E-state index in [-0.39, 0.29) is 0 Å². The Bertz CT molecular complexity index is 331. The van der Waals surface area contributed by atoms with Gasteiger partial charge >= 0.3 is 0 Å². The molecule has 0 aromatic heterocycles. The molecule has 0 heterocycles. The molecule has 0 radical (unpaired) electrons. The number of ether oxygens (including phenoxy) is 1. The van der Waals surface area contributed by atoms with Gasteiger partial charge in [0.1, 0.15) is 5.75 Å². The molecule has 3 nitrogen and oxygen atoms in total. The number of rotatable bonds is 5. The summed E-state index contributed by atoms with van der Waals surface area (Å²) in [5, 5.41) is 4.28. The molecule has 0 unspecified atom stereocenters. The van der Waals surface area contributed by atoms with Crippen LogP contribution >= 0.6 is 23.2 Å². The lowest BCUT2D eigenvalue weighted by molar-refractivity contribution is 0.408. The van der Waals surface area contributed by atoms with Gasteiger partial charge in [0.05, 0.1) is 12.1 Å². The van der Waals surface area contributed by atoms with Gasteiger partial charge in [0.25, 0.3) is 0 Å². The van der Waals surface area contributed by atoms with Crippen LogP contribution in [0, 0.1) is 0 Å². The number of methoxy groups -OCH3 is 1. The van der Waals surface area contributed by atoms with Gasteiger partial charge in [-0.2, -0.15) is 0 Å². The first-order valence-electron chi connectivity index (χ1n) is 4.61. The highest BCUT2D eigenvalue weighted by Gasteiger charge is 2.08. The van der Waals surface area contributed by atoms with Crippen molar-refractivity contribution in [2.24, 2.45) is 5.73 Å². The smallest absolute Gasteiger partial charge is 0.142 e. The van der Waals surface area contributed by atoms with Crippen LogP contribution in [0.4, 0.5) is 0 Å². The zero-order valence-electron chi connectivity index (χ0n) is 8.52. The van der Waals surface area contributed by atoms with E-state index >= 15 is 0 Å². The third-order valence-electron chi connectivity index (χ3n) is 1.93. The maximum absolute atomic E-state index is 5.99. The van der Waals surface area contributed by atoms with E-state index in [9.17, 15) is 0 Å². The van der Waals surface area contributed by atoms with E-state index in [4.69, 9.17) is 33.7 Å². The molecule has 0 saturated heterocycles. The molecule has 0 aliphatic heterocycles. The standard InChI is InChI=1S/C10H14Cl2N2O/c1-15-10-7(6-14-3-2-13)4-8(11)5-9(10)12/h4-5,14H,2-3,6,13H2,1H3. The predicted octanol–water partition coefficient (Wildman–Crippen LogP) is 2.05. The van der Waals surface area contributed by atoms with Crippen molar-refractivity contribution >= 4 is 23.2 Å². The molecule has 3 N–H and O–H groups in total. The Balaban J connectivity index is 2.84. The summed E-state index contributed by atoms with van der Waals surface area (Å²) >= 11 is 11.9. The van der Waals surface area contributed by atoms with Crippen molar-refractivity contribution in [3.8, 4) is 5.75 Å². The van der Waals surface area contributed by atoms with Crippen molar-refractivity contribution in [2.45, 2.75) is 6.54 Å². The molecule has 0 atom stereocenters. The summed E-state index contributed by atoms with van der Waals surface area (Å²) in [5.41, 5.74) is 6.31. The number of halogens is 2. The lowest BCUT2D eigenvalue weighted by Gasteiger charge is -2.11. The molecule has 0 bridgehead atoms. The van der Waals surface area contributed by atoms with E-state index in [0.29, 0.717) is 28.9 Å². The third kappa shape index (κ3) is 3.54. The number of benzene rings is 1. The van der Waals surface area contributed by atoms with Crippen LogP contribution in [-0.2, 0) is 6.54 Å². The van der Waals surface area contributed by atoms with Crippen LogP contribution in [0.3, 0.4) is 0 Å². The number of hydrogen-bond donors (Lipinski definition) is 2. The van der Waals surface area contributed by atoms with Gasteiger partial charge in [-0.1, -0.05) is 23.2 Å². The summed E-state index contributed by atoms with van der Waals surface area (Å²) in [4.78, 5) is 0. The molecule has 1 rings (SSSR count). The quantitative estimate of drug-likeness (QED) is 0.785. The molecule has 5 heteroatoms. The fourth-order valence-corrected chi connectivity index (χ4v) is 1.91. The molecular weight excluding hydrogens is 235 g/mol. The van der Waals surface area contributed by atoms with Crippen molar-refractivity contribution in [3.63, 3.8) is 0 Å². The summed E-state index contributed by atoms with van der Waals surface area (Å²) < 4.78 is 5.20. The summed E-state index contributed by atoms with van der Waals surface area (Å²) in [7, 11) is 1.58. The Morgan fingerprint density at radius 2 is 2.13 bits per heavy atom.